The minimum Gasteiger partial charge on any atom is -0.324 e. The molecule has 1 aromatic rings. The van der Waals surface area contributed by atoms with E-state index in [1.54, 1.807) is 0 Å². The second-order valence-electron chi connectivity index (χ2n) is 5.88. The summed E-state index contributed by atoms with van der Waals surface area (Å²) in [6.45, 7) is 4.34. The molecule has 0 saturated carbocycles. The maximum absolute atomic E-state index is 12.1. The minimum atomic E-state index is -0.0286. The quantitative estimate of drug-likeness (QED) is 0.879. The molecule has 2 rings (SSSR count). The Balaban J connectivity index is 1.80. The average molecular weight is 310 g/mol. The van der Waals surface area contributed by atoms with Gasteiger partial charge in [0.2, 0.25) is 5.91 Å². The van der Waals surface area contributed by atoms with Crippen LogP contribution >= 0.6 is 11.6 Å². The van der Waals surface area contributed by atoms with E-state index in [0.717, 1.165) is 18.7 Å². The SMILES string of the molecule is Cc1ccc(NC(=O)CN(C)CC2CCCCN2)c(Cl)c1. The van der Waals surface area contributed by atoms with Gasteiger partial charge in [0.15, 0.2) is 0 Å². The van der Waals surface area contributed by atoms with Crippen molar-refractivity contribution in [2.75, 3.05) is 32.0 Å². The van der Waals surface area contributed by atoms with E-state index in [4.69, 9.17) is 11.6 Å². The number of rotatable bonds is 5. The first kappa shape index (κ1) is 16.3. The zero-order valence-electron chi connectivity index (χ0n) is 12.8. The monoisotopic (exact) mass is 309 g/mol. The molecule has 21 heavy (non-hydrogen) atoms. The number of hydrogen-bond donors (Lipinski definition) is 2. The van der Waals surface area contributed by atoms with Gasteiger partial charge in [0.05, 0.1) is 17.3 Å². The van der Waals surface area contributed by atoms with Crippen molar-refractivity contribution in [1.82, 2.24) is 10.2 Å². The maximum atomic E-state index is 12.1. The fourth-order valence-electron chi connectivity index (χ4n) is 2.68. The predicted molar refractivity (Wildman–Crippen MR) is 88.0 cm³/mol. The van der Waals surface area contributed by atoms with Gasteiger partial charge in [-0.2, -0.15) is 0 Å². The molecular weight excluding hydrogens is 286 g/mol. The lowest BCUT2D eigenvalue weighted by Crippen LogP contribution is -2.44. The number of likely N-dealkylation sites (N-methyl/N-ethyl adjacent to an activating group) is 1. The molecule has 1 atom stereocenters. The highest BCUT2D eigenvalue weighted by molar-refractivity contribution is 6.33. The number of anilines is 1. The molecule has 116 valence electrons. The van der Waals surface area contributed by atoms with Crippen LogP contribution in [0.15, 0.2) is 18.2 Å². The third kappa shape index (κ3) is 5.30. The Bertz CT molecular complexity index is 486. The highest BCUT2D eigenvalue weighted by Crippen LogP contribution is 2.22. The molecule has 0 bridgehead atoms. The fraction of sp³-hybridized carbons (Fsp3) is 0.562. The first-order valence-corrected chi connectivity index (χ1v) is 7.90. The molecule has 4 nitrogen and oxygen atoms in total. The molecule has 1 fully saturated rings. The van der Waals surface area contributed by atoms with Crippen LogP contribution < -0.4 is 10.6 Å². The molecule has 1 aromatic carbocycles. The lowest BCUT2D eigenvalue weighted by Gasteiger charge is -2.27. The Labute approximate surface area is 131 Å². The van der Waals surface area contributed by atoms with Crippen molar-refractivity contribution in [3.05, 3.63) is 28.8 Å². The Morgan fingerprint density at radius 1 is 1.48 bits per heavy atom. The van der Waals surface area contributed by atoms with Crippen LogP contribution in [0.3, 0.4) is 0 Å². The van der Waals surface area contributed by atoms with E-state index in [0.29, 0.717) is 23.3 Å². The number of piperidine rings is 1. The number of carbonyl (C=O) groups excluding carboxylic acids is 1. The standard InChI is InChI=1S/C16H24ClN3O/c1-12-6-7-15(14(17)9-12)19-16(21)11-20(2)10-13-5-3-4-8-18-13/h6-7,9,13,18H,3-5,8,10-11H2,1-2H3,(H,19,21). The summed E-state index contributed by atoms with van der Waals surface area (Å²) in [5.74, 6) is -0.0286. The summed E-state index contributed by atoms with van der Waals surface area (Å²) in [5, 5.41) is 6.95. The zero-order chi connectivity index (χ0) is 15.2. The smallest absolute Gasteiger partial charge is 0.238 e. The molecule has 1 heterocycles. The van der Waals surface area contributed by atoms with E-state index in [9.17, 15) is 4.79 Å². The predicted octanol–water partition coefficient (Wildman–Crippen LogP) is 2.66. The number of hydrogen-bond acceptors (Lipinski definition) is 3. The molecule has 2 N–H and O–H groups in total. The van der Waals surface area contributed by atoms with E-state index >= 15 is 0 Å². The third-order valence-corrected chi connectivity index (χ3v) is 4.07. The summed E-state index contributed by atoms with van der Waals surface area (Å²) in [7, 11) is 1.98. The van der Waals surface area contributed by atoms with Crippen molar-refractivity contribution in [3.8, 4) is 0 Å². The molecule has 5 heteroatoms. The second-order valence-corrected chi connectivity index (χ2v) is 6.28. The van der Waals surface area contributed by atoms with Crippen LogP contribution in [0.2, 0.25) is 5.02 Å². The Morgan fingerprint density at radius 3 is 2.95 bits per heavy atom. The number of nitrogens with one attached hydrogen (secondary N) is 2. The van der Waals surface area contributed by atoms with Gasteiger partial charge in [-0.05, 0) is 51.1 Å². The van der Waals surface area contributed by atoms with Crippen LogP contribution in [0.25, 0.3) is 0 Å². The summed E-state index contributed by atoms with van der Waals surface area (Å²) in [6, 6.07) is 6.14. The molecule has 1 unspecified atom stereocenters. The summed E-state index contributed by atoms with van der Waals surface area (Å²) < 4.78 is 0. The first-order valence-electron chi connectivity index (χ1n) is 7.52. The van der Waals surface area contributed by atoms with Gasteiger partial charge >= 0.3 is 0 Å². The highest BCUT2D eigenvalue weighted by Gasteiger charge is 2.16. The van der Waals surface area contributed by atoms with Gasteiger partial charge in [0.25, 0.3) is 0 Å². The number of amides is 1. The van der Waals surface area contributed by atoms with Crippen molar-refractivity contribution in [2.45, 2.75) is 32.2 Å². The zero-order valence-corrected chi connectivity index (χ0v) is 13.5. The van der Waals surface area contributed by atoms with E-state index in [-0.39, 0.29) is 5.91 Å². The highest BCUT2D eigenvalue weighted by atomic mass is 35.5. The van der Waals surface area contributed by atoms with Crippen LogP contribution in [-0.2, 0) is 4.79 Å². The van der Waals surface area contributed by atoms with Crippen molar-refractivity contribution in [2.24, 2.45) is 0 Å². The lowest BCUT2D eigenvalue weighted by atomic mass is 10.0. The van der Waals surface area contributed by atoms with Crippen molar-refractivity contribution >= 4 is 23.2 Å². The number of benzene rings is 1. The first-order chi connectivity index (χ1) is 10.0. The molecule has 1 aliphatic heterocycles. The number of aryl methyl sites for hydroxylation is 1. The number of nitrogens with zero attached hydrogens (tertiary/aromatic N) is 1. The van der Waals surface area contributed by atoms with Crippen LogP contribution in [0.4, 0.5) is 5.69 Å². The lowest BCUT2D eigenvalue weighted by molar-refractivity contribution is -0.117. The molecule has 1 amide bonds. The summed E-state index contributed by atoms with van der Waals surface area (Å²) >= 11 is 6.13. The molecule has 0 aromatic heterocycles. The van der Waals surface area contributed by atoms with Crippen LogP contribution in [0, 0.1) is 6.92 Å². The summed E-state index contributed by atoms with van der Waals surface area (Å²) in [5.41, 5.74) is 1.76. The topological polar surface area (TPSA) is 44.4 Å². The second kappa shape index (κ2) is 7.78. The molecule has 0 spiro atoms. The van der Waals surface area contributed by atoms with Crippen LogP contribution in [0.1, 0.15) is 24.8 Å². The van der Waals surface area contributed by atoms with Crippen molar-refractivity contribution in [3.63, 3.8) is 0 Å². The summed E-state index contributed by atoms with van der Waals surface area (Å²) in [6.07, 6.45) is 3.72. The Morgan fingerprint density at radius 2 is 2.29 bits per heavy atom. The van der Waals surface area contributed by atoms with Crippen LogP contribution in [0.5, 0.6) is 0 Å². The average Bonchev–Trinajstić information content (AvgIpc) is 2.43. The fourth-order valence-corrected chi connectivity index (χ4v) is 2.96. The molecule has 1 saturated heterocycles. The van der Waals surface area contributed by atoms with E-state index in [1.807, 2.05) is 32.2 Å². The van der Waals surface area contributed by atoms with Gasteiger partial charge < -0.3 is 10.6 Å². The largest absolute Gasteiger partial charge is 0.324 e. The van der Waals surface area contributed by atoms with Crippen molar-refractivity contribution in [1.29, 1.82) is 0 Å². The minimum absolute atomic E-state index is 0.0286. The Kier molecular flexibility index (Phi) is 6.03. The van der Waals surface area contributed by atoms with Crippen molar-refractivity contribution < 1.29 is 4.79 Å². The molecule has 0 aliphatic carbocycles. The molecule has 1 aliphatic rings. The van der Waals surface area contributed by atoms with Crippen LogP contribution in [-0.4, -0.2) is 43.5 Å². The van der Waals surface area contributed by atoms with Gasteiger partial charge in [-0.15, -0.1) is 0 Å². The van der Waals surface area contributed by atoms with Gasteiger partial charge in [-0.1, -0.05) is 24.1 Å². The van der Waals surface area contributed by atoms with E-state index in [1.165, 1.54) is 19.3 Å². The van der Waals surface area contributed by atoms with Gasteiger partial charge in [-0.3, -0.25) is 9.69 Å². The summed E-state index contributed by atoms with van der Waals surface area (Å²) in [4.78, 5) is 14.1. The van der Waals surface area contributed by atoms with Gasteiger partial charge in [-0.25, -0.2) is 0 Å². The third-order valence-electron chi connectivity index (χ3n) is 3.76. The van der Waals surface area contributed by atoms with Gasteiger partial charge in [0, 0.05) is 12.6 Å². The Hall–Kier alpha value is -1.10. The molecular formula is C16H24ClN3O. The molecule has 0 radical (unpaired) electrons. The normalized spacial score (nSPS) is 18.8. The maximum Gasteiger partial charge on any atom is 0.238 e. The van der Waals surface area contributed by atoms with E-state index < -0.39 is 0 Å². The number of carbonyl (C=O) groups is 1. The van der Waals surface area contributed by atoms with Gasteiger partial charge in [0.1, 0.15) is 0 Å². The number of halogens is 1. The van der Waals surface area contributed by atoms with E-state index in [2.05, 4.69) is 15.5 Å².